The van der Waals surface area contributed by atoms with Crippen LogP contribution in [0.5, 0.6) is 0 Å². The first-order valence-corrected chi connectivity index (χ1v) is 10.4. The first-order chi connectivity index (χ1) is 15.2. The summed E-state index contributed by atoms with van der Waals surface area (Å²) in [7, 11) is 1.40. The minimum atomic E-state index is -0.323. The van der Waals surface area contributed by atoms with Gasteiger partial charge in [-0.1, -0.05) is 90.5 Å². The Bertz CT molecular complexity index is 1350. The molecule has 0 fully saturated rings. The zero-order valence-corrected chi connectivity index (χ0v) is 17.6. The van der Waals surface area contributed by atoms with Crippen molar-refractivity contribution >= 4 is 27.5 Å². The Balaban J connectivity index is 1.85. The van der Waals surface area contributed by atoms with Crippen molar-refractivity contribution in [2.45, 2.75) is 6.92 Å². The van der Waals surface area contributed by atoms with Crippen molar-refractivity contribution in [3.8, 4) is 22.3 Å². The number of ether oxygens (including phenoxy) is 1. The Labute approximate surface area is 181 Å². The monoisotopic (exact) mass is 402 g/mol. The van der Waals surface area contributed by atoms with Crippen LogP contribution < -0.4 is 0 Å². The van der Waals surface area contributed by atoms with Gasteiger partial charge >= 0.3 is 5.97 Å². The van der Waals surface area contributed by atoms with Gasteiger partial charge in [0, 0.05) is 0 Å². The van der Waals surface area contributed by atoms with Crippen molar-refractivity contribution in [2.24, 2.45) is 0 Å². The fraction of sp³-hybridized carbons (Fsp3) is 0.0690. The van der Waals surface area contributed by atoms with E-state index < -0.39 is 0 Å². The maximum absolute atomic E-state index is 11.9. The van der Waals surface area contributed by atoms with Crippen LogP contribution in [-0.2, 0) is 4.74 Å². The number of benzene rings is 5. The number of methoxy groups -OCH3 is 1. The molecule has 0 spiro atoms. The normalized spacial score (nSPS) is 11.0. The maximum Gasteiger partial charge on any atom is 0.337 e. The molecule has 5 aromatic rings. The van der Waals surface area contributed by atoms with Crippen molar-refractivity contribution in [3.63, 3.8) is 0 Å². The molecule has 0 aliphatic carbocycles. The van der Waals surface area contributed by atoms with Gasteiger partial charge in [0.25, 0.3) is 0 Å². The predicted molar refractivity (Wildman–Crippen MR) is 128 cm³/mol. The average Bonchev–Trinajstić information content (AvgIpc) is 2.83. The molecule has 150 valence electrons. The summed E-state index contributed by atoms with van der Waals surface area (Å²) in [6, 6.07) is 33.5. The molecule has 0 bridgehead atoms. The summed E-state index contributed by atoms with van der Waals surface area (Å²) in [5.41, 5.74) is 6.52. The highest BCUT2D eigenvalue weighted by molar-refractivity contribution is 6.21. The fourth-order valence-corrected chi connectivity index (χ4v) is 4.36. The van der Waals surface area contributed by atoms with Gasteiger partial charge in [-0.2, -0.15) is 0 Å². The van der Waals surface area contributed by atoms with Gasteiger partial charge in [0.2, 0.25) is 0 Å². The Morgan fingerprint density at radius 3 is 1.35 bits per heavy atom. The van der Waals surface area contributed by atoms with E-state index in [9.17, 15) is 4.79 Å². The molecule has 31 heavy (non-hydrogen) atoms. The zero-order valence-electron chi connectivity index (χ0n) is 17.6. The van der Waals surface area contributed by atoms with Crippen molar-refractivity contribution in [1.82, 2.24) is 0 Å². The SMILES string of the molecule is COC(=O)c1ccc(-c2c3ccccc3c(-c3ccc(C)cc3)c3ccccc23)cc1. The molecule has 0 aliphatic heterocycles. The topological polar surface area (TPSA) is 26.3 Å². The summed E-state index contributed by atoms with van der Waals surface area (Å²) < 4.78 is 4.86. The van der Waals surface area contributed by atoms with Crippen LogP contribution >= 0.6 is 0 Å². The molecule has 0 atom stereocenters. The summed E-state index contributed by atoms with van der Waals surface area (Å²) in [4.78, 5) is 11.9. The number of carbonyl (C=O) groups is 1. The Morgan fingerprint density at radius 2 is 0.968 bits per heavy atom. The number of rotatable bonds is 3. The molecule has 0 saturated carbocycles. The number of fused-ring (bicyclic) bond motifs is 2. The predicted octanol–water partition coefficient (Wildman–Crippen LogP) is 7.42. The molecule has 0 aliphatic rings. The third kappa shape index (κ3) is 3.27. The average molecular weight is 402 g/mol. The van der Waals surface area contributed by atoms with Crippen LogP contribution in [0.3, 0.4) is 0 Å². The van der Waals surface area contributed by atoms with Gasteiger partial charge in [0.05, 0.1) is 12.7 Å². The lowest BCUT2D eigenvalue weighted by molar-refractivity contribution is 0.0601. The number of carbonyl (C=O) groups excluding carboxylic acids is 1. The number of aryl methyl sites for hydroxylation is 1. The molecule has 0 heterocycles. The van der Waals surface area contributed by atoms with Crippen LogP contribution in [0.15, 0.2) is 97.1 Å². The van der Waals surface area contributed by atoms with E-state index in [-0.39, 0.29) is 5.97 Å². The van der Waals surface area contributed by atoms with Gasteiger partial charge in [-0.25, -0.2) is 4.79 Å². The number of esters is 1. The van der Waals surface area contributed by atoms with E-state index in [1.807, 2.05) is 24.3 Å². The smallest absolute Gasteiger partial charge is 0.337 e. The summed E-state index contributed by atoms with van der Waals surface area (Å²) in [5.74, 6) is -0.323. The molecule has 2 heteroatoms. The first kappa shape index (κ1) is 19.1. The highest BCUT2D eigenvalue weighted by Gasteiger charge is 2.16. The molecule has 0 aromatic heterocycles. The summed E-state index contributed by atoms with van der Waals surface area (Å²) in [6.45, 7) is 2.11. The zero-order chi connectivity index (χ0) is 21.4. The van der Waals surface area contributed by atoms with E-state index in [1.54, 1.807) is 0 Å². The van der Waals surface area contributed by atoms with Crippen LogP contribution in [0.1, 0.15) is 15.9 Å². The van der Waals surface area contributed by atoms with E-state index in [2.05, 4.69) is 79.7 Å². The van der Waals surface area contributed by atoms with Crippen LogP contribution in [0.25, 0.3) is 43.8 Å². The number of hydrogen-bond donors (Lipinski definition) is 0. The maximum atomic E-state index is 11.9. The van der Waals surface area contributed by atoms with Crippen molar-refractivity contribution in [2.75, 3.05) is 7.11 Å². The van der Waals surface area contributed by atoms with Gasteiger partial charge in [0.1, 0.15) is 0 Å². The Morgan fingerprint density at radius 1 is 0.581 bits per heavy atom. The van der Waals surface area contributed by atoms with Crippen molar-refractivity contribution < 1.29 is 9.53 Å². The van der Waals surface area contributed by atoms with Gasteiger partial charge in [-0.05, 0) is 62.9 Å². The molecule has 0 radical (unpaired) electrons. The molecule has 0 N–H and O–H groups in total. The van der Waals surface area contributed by atoms with E-state index in [0.717, 1.165) is 5.56 Å². The second-order valence-electron chi connectivity index (χ2n) is 7.78. The first-order valence-electron chi connectivity index (χ1n) is 10.4. The lowest BCUT2D eigenvalue weighted by Crippen LogP contribution is -2.00. The quantitative estimate of drug-likeness (QED) is 0.232. The van der Waals surface area contributed by atoms with Gasteiger partial charge in [0.15, 0.2) is 0 Å². The lowest BCUT2D eigenvalue weighted by atomic mass is 9.86. The molecular formula is C29H22O2. The van der Waals surface area contributed by atoms with E-state index in [0.29, 0.717) is 5.56 Å². The minimum absolute atomic E-state index is 0.323. The Hall–Kier alpha value is -3.91. The number of hydrogen-bond acceptors (Lipinski definition) is 2. The molecular weight excluding hydrogens is 380 g/mol. The molecule has 0 amide bonds. The molecule has 5 aromatic carbocycles. The summed E-state index contributed by atoms with van der Waals surface area (Å²) in [6.07, 6.45) is 0. The molecule has 5 rings (SSSR count). The van der Waals surface area contributed by atoms with Crippen molar-refractivity contribution in [1.29, 1.82) is 0 Å². The molecule has 0 unspecified atom stereocenters. The van der Waals surface area contributed by atoms with E-state index in [4.69, 9.17) is 4.74 Å². The third-order valence-electron chi connectivity index (χ3n) is 5.87. The third-order valence-corrected chi connectivity index (χ3v) is 5.87. The highest BCUT2D eigenvalue weighted by atomic mass is 16.5. The van der Waals surface area contributed by atoms with Crippen LogP contribution in [0, 0.1) is 6.92 Å². The van der Waals surface area contributed by atoms with E-state index in [1.165, 1.54) is 50.9 Å². The van der Waals surface area contributed by atoms with Gasteiger partial charge in [-0.15, -0.1) is 0 Å². The van der Waals surface area contributed by atoms with Gasteiger partial charge < -0.3 is 4.74 Å². The van der Waals surface area contributed by atoms with Crippen LogP contribution in [0.4, 0.5) is 0 Å². The standard InChI is InChI=1S/C29H22O2/c1-19-11-13-20(14-12-19)27-23-7-3-5-9-25(23)28(26-10-6-4-8-24(26)27)21-15-17-22(18-16-21)29(30)31-2/h3-18H,1-2H3. The second-order valence-corrected chi connectivity index (χ2v) is 7.78. The second kappa shape index (κ2) is 7.73. The van der Waals surface area contributed by atoms with Crippen LogP contribution in [-0.4, -0.2) is 13.1 Å². The molecule has 2 nitrogen and oxygen atoms in total. The summed E-state index contributed by atoms with van der Waals surface area (Å²) >= 11 is 0. The fourth-order valence-electron chi connectivity index (χ4n) is 4.36. The largest absolute Gasteiger partial charge is 0.465 e. The van der Waals surface area contributed by atoms with Crippen molar-refractivity contribution in [3.05, 3.63) is 108 Å². The summed E-state index contributed by atoms with van der Waals surface area (Å²) in [5, 5.41) is 4.83. The Kier molecular flexibility index (Phi) is 4.76. The lowest BCUT2D eigenvalue weighted by Gasteiger charge is -2.18. The van der Waals surface area contributed by atoms with Gasteiger partial charge in [-0.3, -0.25) is 0 Å². The highest BCUT2D eigenvalue weighted by Crippen LogP contribution is 2.43. The minimum Gasteiger partial charge on any atom is -0.465 e. The van der Waals surface area contributed by atoms with Crippen LogP contribution in [0.2, 0.25) is 0 Å². The molecule has 0 saturated heterocycles. The van der Waals surface area contributed by atoms with E-state index >= 15 is 0 Å².